The molecule has 3 N–H and O–H groups in total. The number of H-pyrrole nitrogens is 1. The highest BCUT2D eigenvalue weighted by Gasteiger charge is 2.28. The van der Waals surface area contributed by atoms with E-state index in [1.54, 1.807) is 12.1 Å². The topological polar surface area (TPSA) is 95.6 Å². The lowest BCUT2D eigenvalue weighted by atomic mass is 10.00. The van der Waals surface area contributed by atoms with Gasteiger partial charge in [0.15, 0.2) is 5.82 Å². The van der Waals surface area contributed by atoms with E-state index in [0.29, 0.717) is 27.8 Å². The molecular formula is C22H15ClN6O. The number of hydrogen-bond acceptors (Lipinski definition) is 5. The molecule has 0 saturated carbocycles. The van der Waals surface area contributed by atoms with E-state index in [9.17, 15) is 4.79 Å². The molecule has 2 heterocycles. The Kier molecular flexibility index (Phi) is 4.49. The van der Waals surface area contributed by atoms with Gasteiger partial charge in [-0.25, -0.2) is 5.10 Å². The lowest BCUT2D eigenvalue weighted by molar-refractivity contribution is -0.110. The zero-order chi connectivity index (χ0) is 20.5. The largest absolute Gasteiger partial charge is 0.354 e. The quantitative estimate of drug-likeness (QED) is 0.429. The number of anilines is 2. The summed E-state index contributed by atoms with van der Waals surface area (Å²) in [7, 11) is 0. The highest BCUT2D eigenvalue weighted by atomic mass is 35.5. The molecule has 0 saturated heterocycles. The number of carbonyl (C=O) groups is 1. The molecule has 30 heavy (non-hydrogen) atoms. The van der Waals surface area contributed by atoms with Crippen molar-refractivity contribution in [3.63, 3.8) is 0 Å². The third kappa shape index (κ3) is 3.31. The van der Waals surface area contributed by atoms with Gasteiger partial charge in [-0.3, -0.25) is 4.79 Å². The van der Waals surface area contributed by atoms with Gasteiger partial charge in [0.2, 0.25) is 0 Å². The maximum atomic E-state index is 12.9. The van der Waals surface area contributed by atoms with Gasteiger partial charge in [0.1, 0.15) is 0 Å². The van der Waals surface area contributed by atoms with Crippen LogP contribution in [-0.2, 0) is 4.79 Å². The van der Waals surface area contributed by atoms with Crippen molar-refractivity contribution >= 4 is 40.2 Å². The Morgan fingerprint density at radius 3 is 2.50 bits per heavy atom. The predicted molar refractivity (Wildman–Crippen MR) is 117 cm³/mol. The highest BCUT2D eigenvalue weighted by molar-refractivity contribution is 6.38. The van der Waals surface area contributed by atoms with Crippen LogP contribution in [0.5, 0.6) is 0 Å². The molecule has 1 amide bonds. The first-order chi connectivity index (χ1) is 14.7. The van der Waals surface area contributed by atoms with Crippen LogP contribution < -0.4 is 10.6 Å². The zero-order valence-corrected chi connectivity index (χ0v) is 16.3. The van der Waals surface area contributed by atoms with E-state index in [2.05, 4.69) is 31.3 Å². The van der Waals surface area contributed by atoms with Crippen LogP contribution in [-0.4, -0.2) is 26.5 Å². The standard InChI is InChI=1S/C22H15ClN6O/c23-15-8-11-17-18(12-15)25-22(30)19(17)20(13-4-2-1-3-5-13)24-16-9-6-14(7-10-16)21-26-28-29-27-21/h1-12,24H,(H,25,30)(H,26,27,28,29). The van der Waals surface area contributed by atoms with Crippen LogP contribution in [0.25, 0.3) is 22.7 Å². The molecular weight excluding hydrogens is 400 g/mol. The molecule has 0 fully saturated rings. The number of aromatic amines is 1. The summed E-state index contributed by atoms with van der Waals surface area (Å²) in [6.45, 7) is 0. The van der Waals surface area contributed by atoms with Crippen LogP contribution in [0.3, 0.4) is 0 Å². The van der Waals surface area contributed by atoms with Crippen molar-refractivity contribution in [2.75, 3.05) is 10.6 Å². The first-order valence-electron chi connectivity index (χ1n) is 9.21. The number of tetrazole rings is 1. The summed E-state index contributed by atoms with van der Waals surface area (Å²) >= 11 is 6.10. The number of nitrogens with one attached hydrogen (secondary N) is 3. The number of amides is 1. The Morgan fingerprint density at radius 2 is 1.77 bits per heavy atom. The third-order valence-corrected chi connectivity index (χ3v) is 5.05. The summed E-state index contributed by atoms with van der Waals surface area (Å²) in [4.78, 5) is 12.9. The summed E-state index contributed by atoms with van der Waals surface area (Å²) in [6, 6.07) is 22.8. The van der Waals surface area contributed by atoms with E-state index < -0.39 is 0 Å². The van der Waals surface area contributed by atoms with Crippen LogP contribution in [0.1, 0.15) is 11.1 Å². The molecule has 1 aliphatic rings. The summed E-state index contributed by atoms with van der Waals surface area (Å²) in [6.07, 6.45) is 0. The van der Waals surface area contributed by atoms with Crippen LogP contribution in [0.15, 0.2) is 72.8 Å². The maximum absolute atomic E-state index is 12.9. The van der Waals surface area contributed by atoms with Gasteiger partial charge in [-0.2, -0.15) is 0 Å². The molecule has 0 bridgehead atoms. The van der Waals surface area contributed by atoms with Gasteiger partial charge in [-0.05, 0) is 52.4 Å². The molecule has 0 radical (unpaired) electrons. The second-order valence-corrected chi connectivity index (χ2v) is 7.15. The highest BCUT2D eigenvalue weighted by Crippen LogP contribution is 2.38. The van der Waals surface area contributed by atoms with E-state index in [4.69, 9.17) is 11.6 Å². The van der Waals surface area contributed by atoms with E-state index >= 15 is 0 Å². The molecule has 0 spiro atoms. The molecule has 1 aromatic heterocycles. The number of fused-ring (bicyclic) bond motifs is 1. The fourth-order valence-electron chi connectivity index (χ4n) is 3.41. The van der Waals surface area contributed by atoms with E-state index in [1.807, 2.05) is 60.7 Å². The molecule has 4 aromatic rings. The van der Waals surface area contributed by atoms with Crippen molar-refractivity contribution < 1.29 is 4.79 Å². The SMILES string of the molecule is O=C1Nc2cc(Cl)ccc2C1=C(Nc1ccc(-c2nnn[nH]2)cc1)c1ccccc1. The van der Waals surface area contributed by atoms with Gasteiger partial charge < -0.3 is 10.6 Å². The molecule has 1 aliphatic heterocycles. The number of aromatic nitrogens is 4. The number of nitrogens with zero attached hydrogens (tertiary/aromatic N) is 3. The second kappa shape index (κ2) is 7.46. The average molecular weight is 415 g/mol. The molecule has 7 nitrogen and oxygen atoms in total. The molecule has 146 valence electrons. The van der Waals surface area contributed by atoms with Crippen LogP contribution in [0.4, 0.5) is 11.4 Å². The molecule has 0 aliphatic carbocycles. The molecule has 0 unspecified atom stereocenters. The van der Waals surface area contributed by atoms with Gasteiger partial charge in [-0.15, -0.1) is 5.10 Å². The van der Waals surface area contributed by atoms with Crippen molar-refractivity contribution in [3.8, 4) is 11.4 Å². The van der Waals surface area contributed by atoms with Crippen LogP contribution in [0.2, 0.25) is 5.02 Å². The van der Waals surface area contributed by atoms with Crippen molar-refractivity contribution in [1.29, 1.82) is 0 Å². The number of benzene rings is 3. The first-order valence-corrected chi connectivity index (χ1v) is 9.59. The third-order valence-electron chi connectivity index (χ3n) is 4.81. The minimum Gasteiger partial charge on any atom is -0.354 e. The first kappa shape index (κ1) is 18.1. The van der Waals surface area contributed by atoms with Crippen molar-refractivity contribution in [2.24, 2.45) is 0 Å². The van der Waals surface area contributed by atoms with Gasteiger partial charge >= 0.3 is 0 Å². The predicted octanol–water partition coefficient (Wildman–Crippen LogP) is 4.45. The Hall–Kier alpha value is -3.97. The monoisotopic (exact) mass is 414 g/mol. The van der Waals surface area contributed by atoms with E-state index in [-0.39, 0.29) is 5.91 Å². The number of hydrogen-bond donors (Lipinski definition) is 3. The lowest BCUT2D eigenvalue weighted by Crippen LogP contribution is -2.10. The van der Waals surface area contributed by atoms with Crippen LogP contribution in [0, 0.1) is 0 Å². The molecule has 5 rings (SSSR count). The molecule has 3 aromatic carbocycles. The summed E-state index contributed by atoms with van der Waals surface area (Å²) in [5.41, 5.74) is 5.37. The summed E-state index contributed by atoms with van der Waals surface area (Å²) in [5, 5.41) is 20.8. The molecule has 0 atom stereocenters. The number of carbonyl (C=O) groups excluding carboxylic acids is 1. The number of rotatable bonds is 4. The normalized spacial score (nSPS) is 14.2. The smallest absolute Gasteiger partial charge is 0.258 e. The maximum Gasteiger partial charge on any atom is 0.258 e. The second-order valence-electron chi connectivity index (χ2n) is 6.71. The minimum absolute atomic E-state index is 0.178. The van der Waals surface area contributed by atoms with Gasteiger partial charge in [0.05, 0.1) is 17.0 Å². The van der Waals surface area contributed by atoms with Gasteiger partial charge in [-0.1, -0.05) is 48.0 Å². The summed E-state index contributed by atoms with van der Waals surface area (Å²) in [5.74, 6) is 0.409. The van der Waals surface area contributed by atoms with Crippen molar-refractivity contribution in [1.82, 2.24) is 20.6 Å². The minimum atomic E-state index is -0.178. The Bertz CT molecular complexity index is 1250. The summed E-state index contributed by atoms with van der Waals surface area (Å²) < 4.78 is 0. The van der Waals surface area contributed by atoms with Crippen molar-refractivity contribution in [3.05, 3.63) is 88.9 Å². The fraction of sp³-hybridized carbons (Fsp3) is 0. The van der Waals surface area contributed by atoms with E-state index in [0.717, 1.165) is 22.4 Å². The van der Waals surface area contributed by atoms with Gasteiger partial charge in [0.25, 0.3) is 5.91 Å². The zero-order valence-electron chi connectivity index (χ0n) is 15.6. The Balaban J connectivity index is 1.59. The van der Waals surface area contributed by atoms with Gasteiger partial charge in [0, 0.05) is 21.8 Å². The Labute approximate surface area is 176 Å². The van der Waals surface area contributed by atoms with Crippen molar-refractivity contribution in [2.45, 2.75) is 0 Å². The Morgan fingerprint density at radius 1 is 0.967 bits per heavy atom. The van der Waals surface area contributed by atoms with E-state index in [1.165, 1.54) is 0 Å². The average Bonchev–Trinajstić information content (AvgIpc) is 3.41. The van der Waals surface area contributed by atoms with Crippen LogP contribution >= 0.6 is 11.6 Å². The number of halogens is 1. The fourth-order valence-corrected chi connectivity index (χ4v) is 3.59. The molecule has 8 heteroatoms. The lowest BCUT2D eigenvalue weighted by Gasteiger charge is -2.15.